The molecule has 0 bridgehead atoms. The molecule has 0 atom stereocenters. The highest BCUT2D eigenvalue weighted by Crippen LogP contribution is 2.24. The van der Waals surface area contributed by atoms with Crippen LogP contribution >= 0.6 is 0 Å². The Bertz CT molecular complexity index is 1210. The lowest BCUT2D eigenvalue weighted by Crippen LogP contribution is -2.48. The smallest absolute Gasteiger partial charge is 0.319 e. The molecule has 1 amide bonds. The standard InChI is InChI=1S/C27H34N8O3/c1-20(36)28-10-4-11-29-25-8-7-21(18-31-25)24-9-12-30-27(33-24)32-22-5-3-6-23(17-22)35-15-13-34(14-16-35)19-26(37)38-2/h3,5-9,12,17-18H,4,10-11,13-16,19H2,1-2H3,(H,28,36)(H,29,31)(H,30,32,33). The summed E-state index contributed by atoms with van der Waals surface area (Å²) in [6, 6.07) is 13.9. The van der Waals surface area contributed by atoms with E-state index < -0.39 is 0 Å². The van der Waals surface area contributed by atoms with E-state index in [4.69, 9.17) is 4.74 Å². The van der Waals surface area contributed by atoms with Crippen LogP contribution in [-0.2, 0) is 14.3 Å². The van der Waals surface area contributed by atoms with Crippen LogP contribution in [0.5, 0.6) is 0 Å². The third-order valence-corrected chi connectivity index (χ3v) is 6.17. The molecule has 0 saturated carbocycles. The first-order valence-electron chi connectivity index (χ1n) is 12.7. The molecule has 4 rings (SSSR count). The zero-order chi connectivity index (χ0) is 26.7. The predicted octanol–water partition coefficient (Wildman–Crippen LogP) is 2.52. The second-order valence-corrected chi connectivity index (χ2v) is 8.98. The highest BCUT2D eigenvalue weighted by molar-refractivity contribution is 5.72. The number of pyridine rings is 1. The lowest BCUT2D eigenvalue weighted by Gasteiger charge is -2.35. The van der Waals surface area contributed by atoms with Gasteiger partial charge in [-0.15, -0.1) is 0 Å². The largest absolute Gasteiger partial charge is 0.468 e. The summed E-state index contributed by atoms with van der Waals surface area (Å²) in [5, 5.41) is 9.34. The van der Waals surface area contributed by atoms with Crippen molar-refractivity contribution in [2.75, 3.05) is 68.5 Å². The van der Waals surface area contributed by atoms with Gasteiger partial charge in [-0.1, -0.05) is 6.07 Å². The highest BCUT2D eigenvalue weighted by atomic mass is 16.5. The van der Waals surface area contributed by atoms with Crippen molar-refractivity contribution in [3.8, 4) is 11.3 Å². The molecule has 3 N–H and O–H groups in total. The molecule has 200 valence electrons. The van der Waals surface area contributed by atoms with Crippen LogP contribution in [0.2, 0.25) is 0 Å². The fourth-order valence-corrected chi connectivity index (χ4v) is 4.12. The number of methoxy groups -OCH3 is 1. The van der Waals surface area contributed by atoms with Gasteiger partial charge in [0.15, 0.2) is 0 Å². The van der Waals surface area contributed by atoms with Gasteiger partial charge in [-0.25, -0.2) is 15.0 Å². The van der Waals surface area contributed by atoms with E-state index in [9.17, 15) is 9.59 Å². The first kappa shape index (κ1) is 26.8. The fraction of sp³-hybridized carbons (Fsp3) is 0.370. The Morgan fingerprint density at radius 3 is 2.61 bits per heavy atom. The maximum absolute atomic E-state index is 11.5. The molecule has 0 aliphatic carbocycles. The molecule has 1 aromatic carbocycles. The van der Waals surface area contributed by atoms with Gasteiger partial charge in [-0.05, 0) is 42.8 Å². The summed E-state index contributed by atoms with van der Waals surface area (Å²) < 4.78 is 4.77. The summed E-state index contributed by atoms with van der Waals surface area (Å²) in [7, 11) is 1.42. The molecule has 0 spiro atoms. The number of rotatable bonds is 11. The van der Waals surface area contributed by atoms with Crippen LogP contribution in [0.4, 0.5) is 23.1 Å². The van der Waals surface area contributed by atoms with Gasteiger partial charge in [0.2, 0.25) is 11.9 Å². The Balaban J connectivity index is 1.32. The number of anilines is 4. The van der Waals surface area contributed by atoms with Crippen LogP contribution < -0.4 is 20.9 Å². The number of carbonyl (C=O) groups excluding carboxylic acids is 2. The fourth-order valence-electron chi connectivity index (χ4n) is 4.12. The number of ether oxygens (including phenoxy) is 1. The summed E-state index contributed by atoms with van der Waals surface area (Å²) in [6.45, 7) is 6.46. The lowest BCUT2D eigenvalue weighted by atomic mass is 10.2. The Morgan fingerprint density at radius 2 is 1.87 bits per heavy atom. The minimum absolute atomic E-state index is 0.0222. The van der Waals surface area contributed by atoms with E-state index in [1.807, 2.05) is 30.3 Å². The number of nitrogens with zero attached hydrogens (tertiary/aromatic N) is 5. The van der Waals surface area contributed by atoms with Crippen molar-refractivity contribution >= 4 is 35.0 Å². The van der Waals surface area contributed by atoms with Crippen LogP contribution in [-0.4, -0.2) is 84.7 Å². The van der Waals surface area contributed by atoms with Crippen molar-refractivity contribution in [2.45, 2.75) is 13.3 Å². The average Bonchev–Trinajstić information content (AvgIpc) is 2.94. The van der Waals surface area contributed by atoms with Crippen molar-refractivity contribution in [1.82, 2.24) is 25.2 Å². The van der Waals surface area contributed by atoms with Crippen LogP contribution in [0.15, 0.2) is 54.9 Å². The van der Waals surface area contributed by atoms with Crippen molar-refractivity contribution in [3.63, 3.8) is 0 Å². The second-order valence-electron chi connectivity index (χ2n) is 8.98. The number of carbonyl (C=O) groups is 2. The van der Waals surface area contributed by atoms with Gasteiger partial charge in [0.25, 0.3) is 0 Å². The summed E-state index contributed by atoms with van der Waals surface area (Å²) >= 11 is 0. The van der Waals surface area contributed by atoms with Gasteiger partial charge in [0.1, 0.15) is 5.82 Å². The van der Waals surface area contributed by atoms with Crippen molar-refractivity contribution in [2.24, 2.45) is 0 Å². The quantitative estimate of drug-likeness (QED) is 0.258. The number of piperazine rings is 1. The van der Waals surface area contributed by atoms with Gasteiger partial charge < -0.3 is 25.6 Å². The van der Waals surface area contributed by atoms with E-state index in [1.54, 1.807) is 12.4 Å². The van der Waals surface area contributed by atoms with Crippen LogP contribution in [0, 0.1) is 0 Å². The highest BCUT2D eigenvalue weighted by Gasteiger charge is 2.19. The number of amides is 1. The molecule has 1 aliphatic heterocycles. The van der Waals surface area contributed by atoms with Crippen LogP contribution in [0.25, 0.3) is 11.3 Å². The van der Waals surface area contributed by atoms with Gasteiger partial charge in [0.05, 0.1) is 19.3 Å². The van der Waals surface area contributed by atoms with E-state index in [2.05, 4.69) is 52.8 Å². The molecule has 3 heterocycles. The molecular formula is C27H34N8O3. The first-order valence-corrected chi connectivity index (χ1v) is 12.7. The number of hydrogen-bond donors (Lipinski definition) is 3. The molecule has 0 unspecified atom stereocenters. The molecule has 11 nitrogen and oxygen atoms in total. The van der Waals surface area contributed by atoms with E-state index >= 15 is 0 Å². The molecule has 1 saturated heterocycles. The summed E-state index contributed by atoms with van der Waals surface area (Å²) in [6.07, 6.45) is 4.32. The maximum atomic E-state index is 11.5. The Labute approximate surface area is 222 Å². The van der Waals surface area contributed by atoms with Crippen molar-refractivity contribution in [1.29, 1.82) is 0 Å². The monoisotopic (exact) mass is 518 g/mol. The van der Waals surface area contributed by atoms with Crippen molar-refractivity contribution in [3.05, 3.63) is 54.9 Å². The maximum Gasteiger partial charge on any atom is 0.319 e. The van der Waals surface area contributed by atoms with E-state index in [0.29, 0.717) is 19.0 Å². The normalized spacial score (nSPS) is 13.6. The SMILES string of the molecule is COC(=O)CN1CCN(c2cccc(Nc3nccc(-c4ccc(NCCCNC(C)=O)nc4)n3)c2)CC1. The molecule has 1 aliphatic rings. The number of nitrogens with one attached hydrogen (secondary N) is 3. The van der Waals surface area contributed by atoms with Gasteiger partial charge in [-0.3, -0.25) is 14.5 Å². The van der Waals surface area contributed by atoms with Crippen LogP contribution in [0.3, 0.4) is 0 Å². The van der Waals surface area contributed by atoms with E-state index in [-0.39, 0.29) is 11.9 Å². The van der Waals surface area contributed by atoms with Gasteiger partial charge in [-0.2, -0.15) is 0 Å². The molecule has 0 radical (unpaired) electrons. The number of hydrogen-bond acceptors (Lipinski definition) is 10. The van der Waals surface area contributed by atoms with E-state index in [0.717, 1.165) is 67.6 Å². The molecule has 1 fully saturated rings. The lowest BCUT2D eigenvalue weighted by molar-refractivity contribution is -0.142. The summed E-state index contributed by atoms with van der Waals surface area (Å²) in [4.78, 5) is 40.4. The first-order chi connectivity index (χ1) is 18.5. The van der Waals surface area contributed by atoms with Crippen LogP contribution in [0.1, 0.15) is 13.3 Å². The van der Waals surface area contributed by atoms with Crippen molar-refractivity contribution < 1.29 is 14.3 Å². The zero-order valence-electron chi connectivity index (χ0n) is 21.8. The van der Waals surface area contributed by atoms with E-state index in [1.165, 1.54) is 14.0 Å². The Kier molecular flexibility index (Phi) is 9.41. The molecule has 38 heavy (non-hydrogen) atoms. The Hall–Kier alpha value is -4.25. The second kappa shape index (κ2) is 13.3. The minimum Gasteiger partial charge on any atom is -0.468 e. The van der Waals surface area contributed by atoms with Gasteiger partial charge >= 0.3 is 5.97 Å². The number of benzene rings is 1. The molecule has 3 aromatic rings. The minimum atomic E-state index is -0.203. The number of aromatic nitrogens is 3. The zero-order valence-corrected chi connectivity index (χ0v) is 21.8. The predicted molar refractivity (Wildman–Crippen MR) is 147 cm³/mol. The molecule has 2 aromatic heterocycles. The summed E-state index contributed by atoms with van der Waals surface area (Å²) in [5.41, 5.74) is 3.66. The average molecular weight is 519 g/mol. The van der Waals surface area contributed by atoms with Gasteiger partial charge in [0, 0.05) is 75.5 Å². The topological polar surface area (TPSA) is 125 Å². The molecular weight excluding hydrogens is 484 g/mol. The summed E-state index contributed by atoms with van der Waals surface area (Å²) in [5.74, 6) is 1.05. The third-order valence-electron chi connectivity index (χ3n) is 6.17. The molecule has 11 heteroatoms. The number of esters is 1. The third kappa shape index (κ3) is 7.87. The Morgan fingerprint density at radius 1 is 1.03 bits per heavy atom.